The van der Waals surface area contributed by atoms with Gasteiger partial charge in [-0.3, -0.25) is 0 Å². The summed E-state index contributed by atoms with van der Waals surface area (Å²) in [4.78, 5) is 0. The summed E-state index contributed by atoms with van der Waals surface area (Å²) in [6.07, 6.45) is 0. The van der Waals surface area contributed by atoms with E-state index in [1.165, 1.54) is 0 Å². The topological polar surface area (TPSA) is 28.5 Å². The van der Waals surface area contributed by atoms with Gasteiger partial charge in [-0.25, -0.2) is 0 Å². The second kappa shape index (κ2) is 33.7. The fraction of sp³-hybridized carbons (Fsp3) is 1.00. The molecule has 0 aliphatic carbocycles. The molecule has 0 aromatic heterocycles. The Kier molecular flexibility index (Phi) is 623. The first-order valence-electron chi connectivity index (χ1n) is 0. The molecule has 0 rings (SSSR count). The van der Waals surface area contributed by atoms with Crippen LogP contribution >= 0.6 is 0 Å². The van der Waals surface area contributed by atoms with Gasteiger partial charge in [-0.05, 0) is 0 Å². The maximum atomic E-state index is 0. The van der Waals surface area contributed by atoms with Gasteiger partial charge in [-0.15, -0.1) is 0 Å². The Morgan fingerprint density at radius 2 is 1.25 bits per heavy atom. The van der Waals surface area contributed by atoms with Gasteiger partial charge < -0.3 is 6.90 Å². The van der Waals surface area contributed by atoms with Crippen LogP contribution < -0.4 is 18.9 Å². The molecule has 0 saturated carbocycles. The molecule has 0 N–H and O–H groups in total. The molecule has 0 aromatic rings. The third-order valence-corrected chi connectivity index (χ3v) is 0. The Morgan fingerprint density at radius 3 is 1.25 bits per heavy atom. The third kappa shape index (κ3) is 11.5. The fourth-order valence-electron chi connectivity index (χ4n) is 0. The molecule has 0 aromatic carbocycles. The zero-order valence-corrected chi connectivity index (χ0v) is 2.78. The van der Waals surface area contributed by atoms with Gasteiger partial charge in [0.05, 0.1) is 0 Å². The summed E-state index contributed by atoms with van der Waals surface area (Å²) in [5, 5.41) is 0. The first kappa shape index (κ1) is 73.9. The normalized spacial score (nSPS) is 0. The van der Waals surface area contributed by atoms with Crippen LogP contribution in [0.1, 0.15) is 8.85 Å². The van der Waals surface area contributed by atoms with Crippen molar-refractivity contribution < 1.29 is 42.5 Å². The van der Waals surface area contributed by atoms with E-state index in [1.54, 1.807) is 0 Å². The van der Waals surface area contributed by atoms with Gasteiger partial charge in [0.2, 0.25) is 0 Å². The number of rotatable bonds is 0. The molecule has 25 valence electrons. The molecule has 0 spiro atoms. The molecule has 0 bridgehead atoms. The van der Waals surface area contributed by atoms with Crippen LogP contribution in [0.4, 0.5) is 0 Å². The minimum absolute atomic E-state index is 0. The molecule has 0 unspecified atom stereocenters. The molecule has 3 heteroatoms. The van der Waals surface area contributed by atoms with Crippen molar-refractivity contribution in [2.75, 3.05) is 0 Å². The standard InChI is InChI=1S/CH4.Co.Li.O.H/h1H4;;;;/q;+2;+1;-2;-1. The van der Waals surface area contributed by atoms with Crippen LogP contribution in [-0.4, -0.2) is 0 Å². The predicted molar refractivity (Wildman–Crippen MR) is 8.53 cm³/mol. The van der Waals surface area contributed by atoms with Crippen molar-refractivity contribution in [2.45, 2.75) is 7.43 Å². The van der Waals surface area contributed by atoms with Crippen LogP contribution in [0, 0.1) is 0 Å². The molecular formula is CH5CoLiO. The molecule has 1 nitrogen and oxygen atoms in total. The van der Waals surface area contributed by atoms with Gasteiger partial charge in [0.15, 0.2) is 0 Å². The summed E-state index contributed by atoms with van der Waals surface area (Å²) < 4.78 is 0. The van der Waals surface area contributed by atoms with Crippen LogP contribution in [-0.2, 0) is 22.3 Å². The van der Waals surface area contributed by atoms with Gasteiger partial charge in [-0.1, -0.05) is 7.43 Å². The summed E-state index contributed by atoms with van der Waals surface area (Å²) in [5.41, 5.74) is 0. The third-order valence-electron chi connectivity index (χ3n) is 0. The molecule has 0 aliphatic heterocycles. The van der Waals surface area contributed by atoms with E-state index in [-0.39, 0.29) is 50.0 Å². The zero-order valence-electron chi connectivity index (χ0n) is 2.74. The van der Waals surface area contributed by atoms with Crippen LogP contribution in [0.2, 0.25) is 0 Å². The first-order chi connectivity index (χ1) is 0. The summed E-state index contributed by atoms with van der Waals surface area (Å²) >= 11 is 0. The Morgan fingerprint density at radius 1 is 1.25 bits per heavy atom. The van der Waals surface area contributed by atoms with Crippen molar-refractivity contribution in [3.05, 3.63) is 0 Å². The van der Waals surface area contributed by atoms with Gasteiger partial charge in [0, 0.05) is 0 Å². The van der Waals surface area contributed by atoms with Gasteiger partial charge in [0.25, 0.3) is 0 Å². The summed E-state index contributed by atoms with van der Waals surface area (Å²) in [5.74, 6) is 0. The van der Waals surface area contributed by atoms with Crippen molar-refractivity contribution in [3.63, 3.8) is 0 Å². The first-order valence-corrected chi connectivity index (χ1v) is 0. The molecule has 0 atom stereocenters. The van der Waals surface area contributed by atoms with Crippen molar-refractivity contribution in [2.24, 2.45) is 0 Å². The molecule has 1 radical (unpaired) electrons. The van der Waals surface area contributed by atoms with Crippen LogP contribution in [0.15, 0.2) is 0 Å². The van der Waals surface area contributed by atoms with Crippen molar-refractivity contribution in [1.82, 2.24) is 0 Å². The predicted octanol–water partition coefficient (Wildman–Crippen LogP) is -2.37. The van der Waals surface area contributed by atoms with E-state index in [1.807, 2.05) is 0 Å². The van der Waals surface area contributed by atoms with Crippen LogP contribution in [0.5, 0.6) is 0 Å². The van der Waals surface area contributed by atoms with E-state index < -0.39 is 0 Å². The zero-order chi connectivity index (χ0) is 0. The van der Waals surface area contributed by atoms with Crippen LogP contribution in [0.25, 0.3) is 0 Å². The Hall–Kier alpha value is 1.06. The summed E-state index contributed by atoms with van der Waals surface area (Å²) in [6, 6.07) is 0. The average Bonchev–Trinajstić information content (AvgIpc) is 0. The summed E-state index contributed by atoms with van der Waals surface area (Å²) in [7, 11) is 0. The second-order valence-electron chi connectivity index (χ2n) is 0. The molecule has 0 saturated heterocycles. The van der Waals surface area contributed by atoms with E-state index in [4.69, 9.17) is 0 Å². The monoisotopic (exact) mass is 99.0 g/mol. The SMILES string of the molecule is C.[Co+2].[H-].[Li+].[O-2]. The van der Waals surface area contributed by atoms with Crippen molar-refractivity contribution in [3.8, 4) is 0 Å². The Bertz CT molecular complexity index is 11.6. The fourth-order valence-corrected chi connectivity index (χ4v) is 0. The molecule has 0 fully saturated rings. The van der Waals surface area contributed by atoms with Gasteiger partial charge in [-0.2, -0.15) is 0 Å². The number of hydrogen-bond acceptors (Lipinski definition) is 0. The van der Waals surface area contributed by atoms with E-state index >= 15 is 0 Å². The van der Waals surface area contributed by atoms with Crippen LogP contribution in [0.3, 0.4) is 0 Å². The smallest absolute Gasteiger partial charge is 2.00 e. The van der Waals surface area contributed by atoms with Gasteiger partial charge >= 0.3 is 35.6 Å². The Labute approximate surface area is 50.3 Å². The Balaban J connectivity index is 0. The minimum Gasteiger partial charge on any atom is -2.00 e. The van der Waals surface area contributed by atoms with E-state index in [0.29, 0.717) is 0 Å². The average molecular weight is 98.9 g/mol. The summed E-state index contributed by atoms with van der Waals surface area (Å²) in [6.45, 7) is 0. The van der Waals surface area contributed by atoms with Crippen molar-refractivity contribution >= 4 is 0 Å². The second-order valence-corrected chi connectivity index (χ2v) is 0. The molecule has 0 amide bonds. The van der Waals surface area contributed by atoms with Gasteiger partial charge in [0.1, 0.15) is 0 Å². The minimum atomic E-state index is 0. The molecule has 0 aliphatic rings. The van der Waals surface area contributed by atoms with Crippen molar-refractivity contribution in [1.29, 1.82) is 0 Å². The maximum absolute atomic E-state index is 0. The van der Waals surface area contributed by atoms with E-state index in [2.05, 4.69) is 0 Å². The van der Waals surface area contributed by atoms with E-state index in [9.17, 15) is 0 Å². The number of hydrogen-bond donors (Lipinski definition) is 0. The maximum Gasteiger partial charge on any atom is 2.00 e. The molecule has 0 heterocycles. The molecule has 4 heavy (non-hydrogen) atoms. The molecular weight excluding hydrogens is 93.9 g/mol. The quantitative estimate of drug-likeness (QED) is 0.304. The largest absolute Gasteiger partial charge is 2.00 e. The van der Waals surface area contributed by atoms with E-state index in [0.717, 1.165) is 0 Å².